The van der Waals surface area contributed by atoms with Gasteiger partial charge in [0.1, 0.15) is 0 Å². The van der Waals surface area contributed by atoms with Crippen molar-refractivity contribution in [1.82, 2.24) is 0 Å². The number of halogens is 2. The fourth-order valence-corrected chi connectivity index (χ4v) is 1.23. The molecule has 0 saturated heterocycles. The van der Waals surface area contributed by atoms with Crippen molar-refractivity contribution >= 4 is 39.0 Å². The van der Waals surface area contributed by atoms with Crippen molar-refractivity contribution in [1.29, 1.82) is 0 Å². The van der Waals surface area contributed by atoms with Crippen LogP contribution in [0.15, 0.2) is 12.1 Å². The number of unbranched alkanes of at least 4 members (excludes halogenated alkanes) is 1. The summed E-state index contributed by atoms with van der Waals surface area (Å²) >= 11 is 6.63. The predicted octanol–water partition coefficient (Wildman–Crippen LogP) is 3.19. The lowest BCUT2D eigenvalue weighted by Crippen LogP contribution is -2.22. The first-order valence-corrected chi connectivity index (χ1v) is 7.11. The van der Waals surface area contributed by atoms with Crippen molar-refractivity contribution in [2.75, 3.05) is 23.9 Å². The molecule has 14 heavy (non-hydrogen) atoms. The first kappa shape index (κ1) is 14.7. The predicted molar refractivity (Wildman–Crippen MR) is 69.3 cm³/mol. The molecule has 0 unspecified atom stereocenters. The van der Waals surface area contributed by atoms with Crippen LogP contribution >= 0.6 is 31.9 Å². The lowest BCUT2D eigenvalue weighted by Gasteiger charge is -2.09. The van der Waals surface area contributed by atoms with Gasteiger partial charge in [-0.3, -0.25) is 0 Å². The van der Waals surface area contributed by atoms with E-state index in [0.29, 0.717) is 13.2 Å². The Morgan fingerprint density at radius 2 is 1.71 bits per heavy atom. The summed E-state index contributed by atoms with van der Waals surface area (Å²) < 4.78 is 10.9. The summed E-state index contributed by atoms with van der Waals surface area (Å²) in [7, 11) is -0.198. The Labute approximate surface area is 104 Å². The molecule has 0 heterocycles. The lowest BCUT2D eigenvalue weighted by molar-refractivity contribution is 0.228. The third kappa shape index (κ3) is 9.25. The van der Waals surface area contributed by atoms with Crippen molar-refractivity contribution in [3.05, 3.63) is 12.1 Å². The zero-order valence-electron chi connectivity index (χ0n) is 8.55. The van der Waals surface area contributed by atoms with Gasteiger partial charge in [0.25, 0.3) is 0 Å². The number of allylic oxidation sites excluding steroid dienone is 1. The Balaban J connectivity index is 3.71. The van der Waals surface area contributed by atoms with Crippen molar-refractivity contribution in [2.45, 2.75) is 19.8 Å². The second-order valence-electron chi connectivity index (χ2n) is 2.70. The molecular weight excluding hydrogens is 311 g/mol. The monoisotopic (exact) mass is 326 g/mol. The Morgan fingerprint density at radius 1 is 1.14 bits per heavy atom. The van der Waals surface area contributed by atoms with E-state index < -0.39 is 0 Å². The molecule has 0 bridgehead atoms. The molecule has 0 aromatic heterocycles. The van der Waals surface area contributed by atoms with Crippen molar-refractivity contribution in [2.24, 2.45) is 0 Å². The Hall–Kier alpha value is 0.685. The van der Waals surface area contributed by atoms with E-state index in [9.17, 15) is 0 Å². The van der Waals surface area contributed by atoms with Gasteiger partial charge in [0.15, 0.2) is 0 Å². The maximum absolute atomic E-state index is 5.46. The molecule has 0 aliphatic rings. The quantitative estimate of drug-likeness (QED) is 0.478. The highest BCUT2D eigenvalue weighted by Gasteiger charge is 2.12. The van der Waals surface area contributed by atoms with Gasteiger partial charge in [-0.15, -0.1) is 0 Å². The van der Waals surface area contributed by atoms with Crippen LogP contribution in [0.1, 0.15) is 19.8 Å². The van der Waals surface area contributed by atoms with Crippen LogP contribution in [0.4, 0.5) is 0 Å². The third-order valence-corrected chi connectivity index (χ3v) is 2.11. The van der Waals surface area contributed by atoms with Gasteiger partial charge in [0.2, 0.25) is 0 Å². The highest BCUT2D eigenvalue weighted by Crippen LogP contribution is 1.97. The topological polar surface area (TPSA) is 18.5 Å². The number of alkyl halides is 2. The van der Waals surface area contributed by atoms with Gasteiger partial charge in [0.05, 0.1) is 0 Å². The summed E-state index contributed by atoms with van der Waals surface area (Å²) in [4.78, 5) is 0. The first-order valence-electron chi connectivity index (χ1n) is 4.87. The highest BCUT2D eigenvalue weighted by atomic mass is 79.9. The van der Waals surface area contributed by atoms with Gasteiger partial charge in [0, 0.05) is 23.9 Å². The summed E-state index contributed by atoms with van der Waals surface area (Å²) in [5.74, 6) is 1.98. The fraction of sp³-hybridized carbons (Fsp3) is 0.778. The maximum atomic E-state index is 5.46. The molecule has 0 aromatic rings. The molecule has 82 valence electrons. The molecule has 0 aliphatic heterocycles. The molecule has 0 aromatic carbocycles. The number of hydrogen-bond donors (Lipinski definition) is 0. The summed E-state index contributed by atoms with van der Waals surface area (Å²) in [6.45, 7) is 3.49. The molecule has 0 aliphatic carbocycles. The summed E-state index contributed by atoms with van der Waals surface area (Å²) in [6, 6.07) is 0. The lowest BCUT2D eigenvalue weighted by atomic mass is 9.89. The van der Waals surface area contributed by atoms with Crippen LogP contribution in [0, 0.1) is 0 Å². The maximum Gasteiger partial charge on any atom is 0.485 e. The van der Waals surface area contributed by atoms with E-state index in [1.165, 1.54) is 0 Å². The average Bonchev–Trinajstić information content (AvgIpc) is 2.21. The van der Waals surface area contributed by atoms with Crippen LogP contribution in [0.25, 0.3) is 0 Å². The number of rotatable bonds is 9. The van der Waals surface area contributed by atoms with Crippen LogP contribution in [0.5, 0.6) is 0 Å². The molecule has 2 nitrogen and oxygen atoms in total. The third-order valence-electron chi connectivity index (χ3n) is 1.47. The van der Waals surface area contributed by atoms with E-state index in [-0.39, 0.29) is 7.12 Å². The van der Waals surface area contributed by atoms with E-state index in [4.69, 9.17) is 9.31 Å². The molecule has 0 N–H and O–H groups in total. The van der Waals surface area contributed by atoms with Crippen LogP contribution in [0.3, 0.4) is 0 Å². The molecule has 0 rings (SSSR count). The minimum atomic E-state index is -0.198. The van der Waals surface area contributed by atoms with E-state index in [1.54, 1.807) is 0 Å². The fourth-order valence-electron chi connectivity index (χ4n) is 0.855. The van der Waals surface area contributed by atoms with Crippen LogP contribution in [0.2, 0.25) is 0 Å². The minimum Gasteiger partial charge on any atom is -0.407 e. The normalized spacial score (nSPS) is 11.1. The van der Waals surface area contributed by atoms with E-state index in [2.05, 4.69) is 44.9 Å². The molecule has 0 spiro atoms. The molecule has 0 fully saturated rings. The van der Waals surface area contributed by atoms with Gasteiger partial charge in [-0.2, -0.15) is 0 Å². The summed E-state index contributed by atoms with van der Waals surface area (Å²) in [5, 5.41) is 1.67. The van der Waals surface area contributed by atoms with Gasteiger partial charge in [-0.1, -0.05) is 57.3 Å². The van der Waals surface area contributed by atoms with Crippen molar-refractivity contribution in [3.63, 3.8) is 0 Å². The minimum absolute atomic E-state index is 0.198. The van der Waals surface area contributed by atoms with Crippen LogP contribution in [-0.2, 0) is 9.31 Å². The Kier molecular flexibility index (Phi) is 12.3. The van der Waals surface area contributed by atoms with Gasteiger partial charge < -0.3 is 9.31 Å². The zero-order chi connectivity index (χ0) is 10.6. The van der Waals surface area contributed by atoms with Crippen LogP contribution in [-0.4, -0.2) is 31.0 Å². The number of hydrogen-bond acceptors (Lipinski definition) is 2. The molecule has 0 saturated carbocycles. The Morgan fingerprint density at radius 3 is 2.14 bits per heavy atom. The second kappa shape index (κ2) is 11.8. The van der Waals surface area contributed by atoms with Gasteiger partial charge in [-0.25, -0.2) is 0 Å². The Bertz CT molecular complexity index is 137. The summed E-state index contributed by atoms with van der Waals surface area (Å²) in [6.07, 6.45) is 4.33. The van der Waals surface area contributed by atoms with E-state index in [0.717, 1.165) is 23.5 Å². The second-order valence-corrected chi connectivity index (χ2v) is 4.29. The van der Waals surface area contributed by atoms with Gasteiger partial charge >= 0.3 is 7.12 Å². The summed E-state index contributed by atoms with van der Waals surface area (Å²) in [5.41, 5.74) is 0. The van der Waals surface area contributed by atoms with Crippen molar-refractivity contribution < 1.29 is 9.31 Å². The smallest absolute Gasteiger partial charge is 0.407 e. The highest BCUT2D eigenvalue weighted by molar-refractivity contribution is 9.09. The molecule has 0 amide bonds. The van der Waals surface area contributed by atoms with E-state index in [1.807, 2.05) is 5.98 Å². The molecule has 0 radical (unpaired) electrons. The molecular formula is C9H17BBr2O2. The SMILES string of the molecule is CCC/C=C/B(OCCBr)OCCBr. The van der Waals surface area contributed by atoms with Gasteiger partial charge in [-0.05, 0) is 6.42 Å². The van der Waals surface area contributed by atoms with Crippen molar-refractivity contribution in [3.8, 4) is 0 Å². The first-order chi connectivity index (χ1) is 6.85. The zero-order valence-corrected chi connectivity index (χ0v) is 11.7. The molecule has 5 heteroatoms. The van der Waals surface area contributed by atoms with Crippen LogP contribution < -0.4 is 0 Å². The molecule has 0 atom stereocenters. The van der Waals surface area contributed by atoms with E-state index >= 15 is 0 Å². The standard InChI is InChI=1S/C9H17BBr2O2/c1-2-3-4-5-10(13-8-6-11)14-9-7-12/h4-5H,2-3,6-9H2,1H3/b5-4+. The largest absolute Gasteiger partial charge is 0.485 e. The average molecular weight is 328 g/mol.